The summed E-state index contributed by atoms with van der Waals surface area (Å²) in [5, 5.41) is 0. The molecule has 362 valence electrons. The van der Waals surface area contributed by atoms with Crippen LogP contribution in [0, 0.1) is 0 Å². The first-order valence-electron chi connectivity index (χ1n) is 14.4. The summed E-state index contributed by atoms with van der Waals surface area (Å²) in [7, 11) is -7.04. The van der Waals surface area contributed by atoms with E-state index in [2.05, 4.69) is 14.2 Å². The summed E-state index contributed by atoms with van der Waals surface area (Å²) in [6.45, 7) is -8.12. The number of rotatable bonds is 21. The molecule has 9 nitrogen and oxygen atoms in total. The van der Waals surface area contributed by atoms with Gasteiger partial charge >= 0.3 is 89.7 Å². The zero-order valence-corrected chi connectivity index (χ0v) is 28.8. The van der Waals surface area contributed by atoms with E-state index in [0.29, 0.717) is 0 Å². The zero-order valence-electron chi connectivity index (χ0n) is 28.0. The van der Waals surface area contributed by atoms with Crippen LogP contribution in [0.5, 0.6) is 0 Å². The Hall–Kier alpha value is -3.57. The third-order valence-corrected chi connectivity index (χ3v) is 8.81. The second kappa shape index (κ2) is 17.2. The second-order valence-corrected chi connectivity index (χ2v) is 13.4. The summed E-state index contributed by atoms with van der Waals surface area (Å²) >= 11 is 0. The van der Waals surface area contributed by atoms with Gasteiger partial charge in [0.2, 0.25) is 4.75 Å². The fourth-order valence-corrected chi connectivity index (χ4v) is 4.62. The molecular weight excluding hydrogens is 977 g/mol. The van der Waals surface area contributed by atoms with Gasteiger partial charge in [-0.05, 0) is 0 Å². The molecule has 0 radical (unpaired) electrons. The average molecular weight is 994 g/mol. The Labute approximate surface area is 317 Å². The first-order valence-corrected chi connectivity index (χ1v) is 15.8. The lowest BCUT2D eigenvalue weighted by Crippen LogP contribution is -2.61. The number of alkyl halides is 27. The van der Waals surface area contributed by atoms with E-state index in [9.17, 15) is 146 Å². The van der Waals surface area contributed by atoms with Crippen molar-refractivity contribution in [3.05, 3.63) is 0 Å². The molecule has 0 heterocycles. The van der Waals surface area contributed by atoms with Gasteiger partial charge in [0, 0.05) is 0 Å². The van der Waals surface area contributed by atoms with Crippen LogP contribution in [0.3, 0.4) is 0 Å². The molecule has 61 heavy (non-hydrogen) atoms. The number of carbonyl (C=O) groups excluding carboxylic acids is 3. The summed E-state index contributed by atoms with van der Waals surface area (Å²) in [6.07, 6.45) is -38.0. The number of ether oxygens (including phenoxy) is 3. The molecule has 0 aromatic rings. The van der Waals surface area contributed by atoms with Crippen molar-refractivity contribution in [3.8, 4) is 0 Å². The summed E-state index contributed by atoms with van der Waals surface area (Å²) in [5.74, 6) is -74.5. The Morgan fingerprint density at radius 1 is 0.377 bits per heavy atom. The van der Waals surface area contributed by atoms with Crippen LogP contribution in [-0.4, -0.2) is 127 Å². The second-order valence-electron chi connectivity index (χ2n) is 11.7. The van der Waals surface area contributed by atoms with Crippen molar-refractivity contribution in [2.75, 3.05) is 19.8 Å². The fraction of sp³-hybridized carbons (Fsp3) is 0.875. The predicted octanol–water partition coefficient (Wildman–Crippen LogP) is 8.60. The lowest BCUT2D eigenvalue weighted by atomic mass is 9.99. The third-order valence-electron chi connectivity index (χ3n) is 7.36. The van der Waals surface area contributed by atoms with Crippen LogP contribution >= 0.6 is 0 Å². The number of hydrogen-bond donors (Lipinski definition) is 1. The summed E-state index contributed by atoms with van der Waals surface area (Å²) in [6, 6.07) is 0. The Morgan fingerprint density at radius 2 is 0.590 bits per heavy atom. The van der Waals surface area contributed by atoms with Crippen molar-refractivity contribution < 1.29 is 160 Å². The first-order chi connectivity index (χ1) is 26.3. The largest absolute Gasteiger partial charge is 0.465 e. The minimum Gasteiger partial charge on any atom is -0.465 e. The lowest BCUT2D eigenvalue weighted by Gasteiger charge is -2.34. The van der Waals surface area contributed by atoms with Gasteiger partial charge in [-0.15, -0.1) is 0 Å². The van der Waals surface area contributed by atoms with E-state index in [1.54, 1.807) is 0 Å². The van der Waals surface area contributed by atoms with Gasteiger partial charge in [0.05, 0.1) is 51.9 Å². The molecule has 0 amide bonds. The van der Waals surface area contributed by atoms with Gasteiger partial charge in [0.15, 0.2) is 0 Å². The number of hydrogen-bond acceptors (Lipinski definition) is 8. The molecule has 0 saturated carbocycles. The van der Waals surface area contributed by atoms with Crippen molar-refractivity contribution in [2.45, 2.75) is 109 Å². The molecule has 0 unspecified atom stereocenters. The topological polar surface area (TPSA) is 133 Å². The van der Waals surface area contributed by atoms with Crippen LogP contribution in [0.15, 0.2) is 0 Å². The summed E-state index contributed by atoms with van der Waals surface area (Å²) in [5.41, 5.74) is 0. The van der Waals surface area contributed by atoms with Gasteiger partial charge < -0.3 is 14.2 Å². The maximum Gasteiger partial charge on any atom is 0.460 e. The molecule has 0 bridgehead atoms. The normalized spacial score (nSPS) is 15.4. The molecule has 0 aromatic carbocycles. The quantitative estimate of drug-likeness (QED) is 0.0520. The number of carbonyl (C=O) groups is 3. The van der Waals surface area contributed by atoms with Crippen molar-refractivity contribution >= 4 is 28.0 Å². The lowest BCUT2D eigenvalue weighted by molar-refractivity contribution is -0.397. The van der Waals surface area contributed by atoms with Gasteiger partial charge in [-0.2, -0.15) is 127 Å². The van der Waals surface area contributed by atoms with E-state index in [1.807, 2.05) is 0 Å². The van der Waals surface area contributed by atoms with E-state index < -0.39 is 157 Å². The highest BCUT2D eigenvalue weighted by atomic mass is 32.2. The van der Waals surface area contributed by atoms with Crippen molar-refractivity contribution in [2.24, 2.45) is 0 Å². The average Bonchev–Trinajstić information content (AvgIpc) is 3.01. The Morgan fingerprint density at radius 3 is 0.787 bits per heavy atom. The van der Waals surface area contributed by atoms with Crippen molar-refractivity contribution in [1.29, 1.82) is 0 Å². The van der Waals surface area contributed by atoms with Crippen LogP contribution in [0.1, 0.15) is 32.1 Å². The number of halogens is 27. The molecule has 0 aromatic heterocycles. The van der Waals surface area contributed by atoms with E-state index in [4.69, 9.17) is 0 Å². The predicted molar refractivity (Wildman–Crippen MR) is 133 cm³/mol. The zero-order chi connectivity index (χ0) is 49.5. The van der Waals surface area contributed by atoms with Crippen LogP contribution in [0.2, 0.25) is 0 Å². The monoisotopic (exact) mass is 994 g/mol. The van der Waals surface area contributed by atoms with Gasteiger partial charge in [-0.3, -0.25) is 18.9 Å². The minimum atomic E-state index is -7.66. The van der Waals surface area contributed by atoms with Gasteiger partial charge in [0.25, 0.3) is 10.1 Å². The summed E-state index contributed by atoms with van der Waals surface area (Å²) in [4.78, 5) is 37.1. The number of esters is 3. The van der Waals surface area contributed by atoms with Crippen molar-refractivity contribution in [1.82, 2.24) is 0 Å². The molecule has 1 N–H and O–H groups in total. The van der Waals surface area contributed by atoms with Crippen molar-refractivity contribution in [3.63, 3.8) is 0 Å². The smallest absolute Gasteiger partial charge is 0.460 e. The van der Waals surface area contributed by atoms with E-state index in [-0.39, 0.29) is 0 Å². The fourth-order valence-electron chi connectivity index (χ4n) is 3.75. The van der Waals surface area contributed by atoms with Gasteiger partial charge in [-0.25, -0.2) is 0 Å². The maximum atomic E-state index is 13.9. The van der Waals surface area contributed by atoms with E-state index in [1.165, 1.54) is 0 Å². The van der Waals surface area contributed by atoms with Crippen LogP contribution in [0.25, 0.3) is 0 Å². The Kier molecular flexibility index (Phi) is 16.2. The van der Waals surface area contributed by atoms with E-state index >= 15 is 0 Å². The highest BCUT2D eigenvalue weighted by Crippen LogP contribution is 2.56. The minimum absolute atomic E-state index is 2.64. The molecule has 0 spiro atoms. The van der Waals surface area contributed by atoms with E-state index in [0.717, 1.165) is 0 Å². The van der Waals surface area contributed by atoms with Crippen LogP contribution < -0.4 is 0 Å². The molecule has 37 heteroatoms. The molecule has 0 rings (SSSR count). The van der Waals surface area contributed by atoms with Crippen LogP contribution in [-0.2, 0) is 38.7 Å². The third kappa shape index (κ3) is 11.0. The molecule has 0 saturated heterocycles. The highest BCUT2D eigenvalue weighted by molar-refractivity contribution is 7.88. The maximum absolute atomic E-state index is 13.9. The molecule has 0 aliphatic rings. The Bertz CT molecular complexity index is 1610. The van der Waals surface area contributed by atoms with Gasteiger partial charge in [0.1, 0.15) is 0 Å². The highest BCUT2D eigenvalue weighted by Gasteiger charge is 2.83. The molecule has 0 aliphatic carbocycles. The molecule has 0 fully saturated rings. The first kappa shape index (κ1) is 57.4. The van der Waals surface area contributed by atoms with Crippen LogP contribution in [0.4, 0.5) is 119 Å². The molecule has 0 atom stereocenters. The molecular formula is C24H17F27O9S. The Balaban J connectivity index is 6.81. The molecule has 0 aliphatic heterocycles. The van der Waals surface area contributed by atoms with Gasteiger partial charge in [-0.1, -0.05) is 0 Å². The SMILES string of the molecule is O=C(CC(CC(=O)OCCC(F)(F)C(F)(F)C(F)(F)C(F)(F)F)(C(=O)OCCC(F)(F)C(F)(F)C(F)(F)C(F)(F)F)S(=O)(=O)O)OCCC(F)(F)C(F)(F)C(F)(F)C(F)(F)F. The summed E-state index contributed by atoms with van der Waals surface area (Å²) < 4.78 is 392. The standard InChI is InChI=1S/C24H17F27O9S/c25-13(26,16(31,32)19(37,38)22(43,44)45)1-4-58-9(52)7-12(61(55,56)57,11(54)60-6-3-15(29,30)18(35,36)21(41,42)24(49,50)51)8-10(53)59-5-2-14(27,28)17(33,34)20(39,40)23(46,47)48/h1-8H2,(H,55,56,57).